The molecule has 3 atom stereocenters. The first-order valence-electron chi connectivity index (χ1n) is 7.57. The number of rotatable bonds is 6. The Balaban J connectivity index is 1.84. The summed E-state index contributed by atoms with van der Waals surface area (Å²) in [5.74, 6) is 3.61. The van der Waals surface area contributed by atoms with E-state index in [-0.39, 0.29) is 0 Å². The van der Waals surface area contributed by atoms with Gasteiger partial charge in [0, 0.05) is 7.05 Å². The molecule has 0 aliphatic heterocycles. The molecule has 2 fully saturated rings. The SMILES string of the molecule is CCCNC(c1c(OC)cnn1C)C1C2CCCC21. The number of ether oxygens (including phenoxy) is 1. The molecule has 0 spiro atoms. The van der Waals surface area contributed by atoms with E-state index in [4.69, 9.17) is 4.74 Å². The fourth-order valence-corrected chi connectivity index (χ4v) is 4.02. The van der Waals surface area contributed by atoms with E-state index in [1.807, 2.05) is 17.9 Å². The third-order valence-corrected chi connectivity index (χ3v) is 4.94. The molecule has 1 aromatic heterocycles. The molecule has 0 amide bonds. The van der Waals surface area contributed by atoms with E-state index in [1.54, 1.807) is 7.11 Å². The largest absolute Gasteiger partial charge is 0.493 e. The normalized spacial score (nSPS) is 30.2. The summed E-state index contributed by atoms with van der Waals surface area (Å²) >= 11 is 0. The maximum atomic E-state index is 5.50. The lowest BCUT2D eigenvalue weighted by molar-refractivity contribution is 0.363. The number of nitrogens with zero attached hydrogens (tertiary/aromatic N) is 2. The molecule has 2 aliphatic rings. The van der Waals surface area contributed by atoms with Gasteiger partial charge in [-0.15, -0.1) is 0 Å². The summed E-state index contributed by atoms with van der Waals surface area (Å²) in [5.41, 5.74) is 1.23. The Morgan fingerprint density at radius 2 is 2.21 bits per heavy atom. The quantitative estimate of drug-likeness (QED) is 0.857. The third-order valence-electron chi connectivity index (χ3n) is 4.94. The van der Waals surface area contributed by atoms with Crippen molar-refractivity contribution in [1.82, 2.24) is 15.1 Å². The molecule has 4 heteroatoms. The average molecular weight is 263 g/mol. The van der Waals surface area contributed by atoms with Crippen molar-refractivity contribution in [3.05, 3.63) is 11.9 Å². The van der Waals surface area contributed by atoms with Gasteiger partial charge in [-0.25, -0.2) is 0 Å². The van der Waals surface area contributed by atoms with E-state index in [0.717, 1.165) is 30.0 Å². The molecule has 106 valence electrons. The first kappa shape index (κ1) is 13.0. The van der Waals surface area contributed by atoms with Crippen molar-refractivity contribution in [3.8, 4) is 5.75 Å². The molecule has 19 heavy (non-hydrogen) atoms. The van der Waals surface area contributed by atoms with Crippen molar-refractivity contribution < 1.29 is 4.74 Å². The fraction of sp³-hybridized carbons (Fsp3) is 0.800. The van der Waals surface area contributed by atoms with Gasteiger partial charge in [-0.3, -0.25) is 4.68 Å². The lowest BCUT2D eigenvalue weighted by atomic mass is 10.0. The monoisotopic (exact) mass is 263 g/mol. The van der Waals surface area contributed by atoms with Crippen LogP contribution in [0.4, 0.5) is 0 Å². The lowest BCUT2D eigenvalue weighted by Gasteiger charge is -2.22. The van der Waals surface area contributed by atoms with Crippen LogP contribution in [0.15, 0.2) is 6.20 Å². The molecule has 0 radical (unpaired) electrons. The summed E-state index contributed by atoms with van der Waals surface area (Å²) in [6.07, 6.45) is 7.27. The van der Waals surface area contributed by atoms with Crippen LogP contribution >= 0.6 is 0 Å². The van der Waals surface area contributed by atoms with Crippen LogP contribution in [-0.4, -0.2) is 23.4 Å². The Hall–Kier alpha value is -1.03. The summed E-state index contributed by atoms with van der Waals surface area (Å²) in [7, 11) is 3.77. The first-order valence-corrected chi connectivity index (χ1v) is 7.57. The van der Waals surface area contributed by atoms with Gasteiger partial charge in [-0.2, -0.15) is 5.10 Å². The standard InChI is InChI=1S/C15H25N3O/c1-4-8-16-14(13-10-6-5-7-11(10)13)15-12(19-3)9-17-18(15)2/h9-11,13-14,16H,4-8H2,1-3H3. The minimum absolute atomic E-state index is 0.415. The highest BCUT2D eigenvalue weighted by Gasteiger charge is 2.56. The Morgan fingerprint density at radius 1 is 1.47 bits per heavy atom. The van der Waals surface area contributed by atoms with Gasteiger partial charge in [0.1, 0.15) is 0 Å². The van der Waals surface area contributed by atoms with Crippen LogP contribution in [0.5, 0.6) is 5.75 Å². The van der Waals surface area contributed by atoms with Gasteiger partial charge in [0.15, 0.2) is 5.75 Å². The Bertz CT molecular complexity index is 433. The molecule has 4 nitrogen and oxygen atoms in total. The van der Waals surface area contributed by atoms with Crippen molar-refractivity contribution in [1.29, 1.82) is 0 Å². The number of nitrogens with one attached hydrogen (secondary N) is 1. The predicted octanol–water partition coefficient (Wildman–Crippen LogP) is 2.52. The molecule has 1 heterocycles. The van der Waals surface area contributed by atoms with Crippen LogP contribution in [0.2, 0.25) is 0 Å². The number of aryl methyl sites for hydroxylation is 1. The second-order valence-corrected chi connectivity index (χ2v) is 5.99. The van der Waals surface area contributed by atoms with Gasteiger partial charge < -0.3 is 10.1 Å². The van der Waals surface area contributed by atoms with Gasteiger partial charge in [0.25, 0.3) is 0 Å². The van der Waals surface area contributed by atoms with E-state index < -0.39 is 0 Å². The van der Waals surface area contributed by atoms with E-state index in [2.05, 4.69) is 17.3 Å². The number of fused-ring (bicyclic) bond motifs is 1. The molecule has 2 aliphatic carbocycles. The molecule has 0 aromatic carbocycles. The first-order chi connectivity index (χ1) is 9.27. The number of hydrogen-bond donors (Lipinski definition) is 1. The highest BCUT2D eigenvalue weighted by molar-refractivity contribution is 5.31. The van der Waals surface area contributed by atoms with E-state index in [1.165, 1.54) is 31.4 Å². The zero-order valence-electron chi connectivity index (χ0n) is 12.2. The molecular formula is C15H25N3O. The molecule has 2 saturated carbocycles. The van der Waals surface area contributed by atoms with Crippen molar-refractivity contribution in [2.24, 2.45) is 24.8 Å². The van der Waals surface area contributed by atoms with Crippen molar-refractivity contribution in [2.45, 2.75) is 38.6 Å². The highest BCUT2D eigenvalue weighted by atomic mass is 16.5. The van der Waals surface area contributed by atoms with Gasteiger partial charge in [-0.05, 0) is 43.6 Å². The van der Waals surface area contributed by atoms with E-state index in [0.29, 0.717) is 6.04 Å². The molecule has 3 rings (SSSR count). The summed E-state index contributed by atoms with van der Waals surface area (Å²) in [5, 5.41) is 8.11. The van der Waals surface area contributed by atoms with Gasteiger partial charge in [-0.1, -0.05) is 13.3 Å². The van der Waals surface area contributed by atoms with Crippen LogP contribution in [-0.2, 0) is 7.05 Å². The molecular weight excluding hydrogens is 238 g/mol. The fourth-order valence-electron chi connectivity index (χ4n) is 4.02. The predicted molar refractivity (Wildman–Crippen MR) is 75.1 cm³/mol. The molecule has 1 aromatic rings. The third kappa shape index (κ3) is 2.16. The van der Waals surface area contributed by atoms with Crippen LogP contribution in [0.25, 0.3) is 0 Å². The topological polar surface area (TPSA) is 39.1 Å². The number of hydrogen-bond acceptors (Lipinski definition) is 3. The Morgan fingerprint density at radius 3 is 2.84 bits per heavy atom. The van der Waals surface area contributed by atoms with E-state index in [9.17, 15) is 0 Å². The van der Waals surface area contributed by atoms with Gasteiger partial charge >= 0.3 is 0 Å². The van der Waals surface area contributed by atoms with Crippen LogP contribution in [0.3, 0.4) is 0 Å². The number of methoxy groups -OCH3 is 1. The zero-order chi connectivity index (χ0) is 13.4. The smallest absolute Gasteiger partial charge is 0.161 e. The maximum absolute atomic E-state index is 5.50. The minimum Gasteiger partial charge on any atom is -0.493 e. The van der Waals surface area contributed by atoms with Crippen molar-refractivity contribution in [3.63, 3.8) is 0 Å². The Kier molecular flexibility index (Phi) is 3.52. The van der Waals surface area contributed by atoms with Crippen molar-refractivity contribution >= 4 is 0 Å². The summed E-state index contributed by atoms with van der Waals surface area (Å²) in [4.78, 5) is 0. The van der Waals surface area contributed by atoms with Crippen LogP contribution < -0.4 is 10.1 Å². The number of aromatic nitrogens is 2. The highest BCUT2D eigenvalue weighted by Crippen LogP contribution is 2.62. The second kappa shape index (κ2) is 5.16. The zero-order valence-corrected chi connectivity index (χ0v) is 12.2. The second-order valence-electron chi connectivity index (χ2n) is 5.99. The molecule has 1 N–H and O–H groups in total. The summed E-state index contributed by atoms with van der Waals surface area (Å²) < 4.78 is 7.49. The van der Waals surface area contributed by atoms with Crippen molar-refractivity contribution in [2.75, 3.05) is 13.7 Å². The molecule has 0 bridgehead atoms. The van der Waals surface area contributed by atoms with Gasteiger partial charge in [0.05, 0.1) is 25.0 Å². The van der Waals surface area contributed by atoms with Gasteiger partial charge in [0.2, 0.25) is 0 Å². The average Bonchev–Trinajstić information content (AvgIpc) is 2.79. The van der Waals surface area contributed by atoms with Crippen LogP contribution in [0.1, 0.15) is 44.3 Å². The molecule has 3 unspecified atom stereocenters. The van der Waals surface area contributed by atoms with E-state index >= 15 is 0 Å². The minimum atomic E-state index is 0.415. The Labute approximate surface area is 115 Å². The van der Waals surface area contributed by atoms with Crippen LogP contribution in [0, 0.1) is 17.8 Å². The molecule has 0 saturated heterocycles. The summed E-state index contributed by atoms with van der Waals surface area (Å²) in [6, 6.07) is 0.415. The maximum Gasteiger partial charge on any atom is 0.161 e. The summed E-state index contributed by atoms with van der Waals surface area (Å²) in [6.45, 7) is 3.28. The lowest BCUT2D eigenvalue weighted by Crippen LogP contribution is -2.27.